The smallest absolute Gasteiger partial charge is 0.253 e. The van der Waals surface area contributed by atoms with E-state index in [0.29, 0.717) is 23.8 Å². The largest absolute Gasteiger partial charge is 0.398 e. The number of nitrogen functional groups attached to an aromatic ring is 1. The fourth-order valence-corrected chi connectivity index (χ4v) is 3.37. The number of hydrogen-bond acceptors (Lipinski definition) is 3. The Kier molecular flexibility index (Phi) is 5.16. The van der Waals surface area contributed by atoms with Crippen LogP contribution in [0.2, 0.25) is 0 Å². The summed E-state index contributed by atoms with van der Waals surface area (Å²) in [5.41, 5.74) is 9.81. The highest BCUT2D eigenvalue weighted by Crippen LogP contribution is 2.21. The van der Waals surface area contributed by atoms with Gasteiger partial charge in [-0.2, -0.15) is 0 Å². The molecule has 0 aromatic heterocycles. The summed E-state index contributed by atoms with van der Waals surface area (Å²) in [6.07, 6.45) is 2.08. The molecule has 0 fully saturated rings. The summed E-state index contributed by atoms with van der Waals surface area (Å²) in [5, 5.41) is 3.05. The molecule has 4 nitrogen and oxygen atoms in total. The Hall–Kier alpha value is -2.33. The average Bonchev–Trinajstić information content (AvgIpc) is 2.62. The molecule has 4 heteroatoms. The number of para-hydroxylation sites is 1. The first-order valence-corrected chi connectivity index (χ1v) is 8.62. The molecule has 2 aromatic carbocycles. The van der Waals surface area contributed by atoms with Crippen LogP contribution in [0.15, 0.2) is 48.5 Å². The maximum Gasteiger partial charge on any atom is 0.253 e. The zero-order valence-corrected chi connectivity index (χ0v) is 14.2. The third-order valence-electron chi connectivity index (χ3n) is 4.85. The lowest BCUT2D eigenvalue weighted by molar-refractivity contribution is 0.0927. The number of nitrogens with two attached hydrogens (primary N) is 1. The van der Waals surface area contributed by atoms with Gasteiger partial charge in [-0.25, -0.2) is 0 Å². The van der Waals surface area contributed by atoms with Gasteiger partial charge in [-0.1, -0.05) is 43.3 Å². The summed E-state index contributed by atoms with van der Waals surface area (Å²) in [4.78, 5) is 14.8. The Labute approximate surface area is 143 Å². The minimum atomic E-state index is -0.0936. The van der Waals surface area contributed by atoms with Crippen molar-refractivity contribution in [2.75, 3.05) is 18.8 Å². The number of amides is 1. The van der Waals surface area contributed by atoms with Crippen molar-refractivity contribution in [2.24, 2.45) is 0 Å². The zero-order valence-electron chi connectivity index (χ0n) is 14.2. The molecule has 1 amide bonds. The van der Waals surface area contributed by atoms with Crippen LogP contribution >= 0.6 is 0 Å². The van der Waals surface area contributed by atoms with Crippen molar-refractivity contribution in [2.45, 2.75) is 32.4 Å². The molecule has 1 unspecified atom stereocenters. The highest BCUT2D eigenvalue weighted by Gasteiger charge is 2.22. The van der Waals surface area contributed by atoms with Crippen molar-refractivity contribution in [1.82, 2.24) is 10.2 Å². The van der Waals surface area contributed by atoms with E-state index in [-0.39, 0.29) is 5.91 Å². The van der Waals surface area contributed by atoms with E-state index in [0.717, 1.165) is 25.9 Å². The SMILES string of the molecule is CCC(CNC(=O)c1ccccc1N)N1CCc2ccccc2C1. The molecule has 0 saturated heterocycles. The lowest BCUT2D eigenvalue weighted by Crippen LogP contribution is -2.45. The van der Waals surface area contributed by atoms with Gasteiger partial charge in [-0.05, 0) is 36.1 Å². The van der Waals surface area contributed by atoms with E-state index in [2.05, 4.69) is 41.4 Å². The van der Waals surface area contributed by atoms with Gasteiger partial charge in [0.05, 0.1) is 5.56 Å². The molecular weight excluding hydrogens is 298 g/mol. The molecule has 2 aromatic rings. The van der Waals surface area contributed by atoms with Crippen LogP contribution in [0.1, 0.15) is 34.8 Å². The number of rotatable bonds is 5. The van der Waals surface area contributed by atoms with Gasteiger partial charge >= 0.3 is 0 Å². The molecule has 3 N–H and O–H groups in total. The molecule has 3 rings (SSSR count). The monoisotopic (exact) mass is 323 g/mol. The summed E-state index contributed by atoms with van der Waals surface area (Å²) in [5.74, 6) is -0.0936. The first kappa shape index (κ1) is 16.5. The summed E-state index contributed by atoms with van der Waals surface area (Å²) < 4.78 is 0. The van der Waals surface area contributed by atoms with Crippen LogP contribution < -0.4 is 11.1 Å². The first-order valence-electron chi connectivity index (χ1n) is 8.62. The normalized spacial score (nSPS) is 15.5. The van der Waals surface area contributed by atoms with E-state index < -0.39 is 0 Å². The molecule has 1 aliphatic rings. The van der Waals surface area contributed by atoms with Crippen LogP contribution in [0.4, 0.5) is 5.69 Å². The second-order valence-corrected chi connectivity index (χ2v) is 6.35. The molecule has 0 aliphatic carbocycles. The van der Waals surface area contributed by atoms with Crippen molar-refractivity contribution in [3.8, 4) is 0 Å². The van der Waals surface area contributed by atoms with Crippen LogP contribution in [0, 0.1) is 0 Å². The van der Waals surface area contributed by atoms with Gasteiger partial charge in [0.1, 0.15) is 0 Å². The number of hydrogen-bond donors (Lipinski definition) is 2. The van der Waals surface area contributed by atoms with Crippen LogP contribution in [0.5, 0.6) is 0 Å². The topological polar surface area (TPSA) is 58.4 Å². The maximum absolute atomic E-state index is 12.4. The number of nitrogens with zero attached hydrogens (tertiary/aromatic N) is 1. The summed E-state index contributed by atoms with van der Waals surface area (Å²) >= 11 is 0. The molecule has 0 saturated carbocycles. The molecule has 24 heavy (non-hydrogen) atoms. The molecule has 126 valence electrons. The lowest BCUT2D eigenvalue weighted by Gasteiger charge is -2.35. The van der Waals surface area contributed by atoms with Crippen molar-refractivity contribution in [3.05, 3.63) is 65.2 Å². The fraction of sp³-hybridized carbons (Fsp3) is 0.350. The Morgan fingerprint density at radius 1 is 1.17 bits per heavy atom. The van der Waals surface area contributed by atoms with Gasteiger partial charge in [0.2, 0.25) is 0 Å². The number of carbonyl (C=O) groups excluding carboxylic acids is 1. The van der Waals surface area contributed by atoms with E-state index >= 15 is 0 Å². The van der Waals surface area contributed by atoms with Crippen molar-refractivity contribution < 1.29 is 4.79 Å². The molecule has 1 aliphatic heterocycles. The van der Waals surface area contributed by atoms with Crippen molar-refractivity contribution in [1.29, 1.82) is 0 Å². The summed E-state index contributed by atoms with van der Waals surface area (Å²) in [6.45, 7) is 4.82. The molecule has 1 atom stereocenters. The second-order valence-electron chi connectivity index (χ2n) is 6.35. The van der Waals surface area contributed by atoms with Crippen LogP contribution in [-0.2, 0) is 13.0 Å². The van der Waals surface area contributed by atoms with Crippen molar-refractivity contribution >= 4 is 11.6 Å². The van der Waals surface area contributed by atoms with E-state index in [1.807, 2.05) is 12.1 Å². The highest BCUT2D eigenvalue weighted by molar-refractivity contribution is 5.99. The zero-order chi connectivity index (χ0) is 16.9. The molecule has 0 spiro atoms. The van der Waals surface area contributed by atoms with E-state index in [1.165, 1.54) is 11.1 Å². The summed E-state index contributed by atoms with van der Waals surface area (Å²) in [7, 11) is 0. The number of benzene rings is 2. The first-order chi connectivity index (χ1) is 11.7. The lowest BCUT2D eigenvalue weighted by atomic mass is 9.98. The number of nitrogens with one attached hydrogen (secondary N) is 1. The number of carbonyl (C=O) groups is 1. The highest BCUT2D eigenvalue weighted by atomic mass is 16.1. The van der Waals surface area contributed by atoms with Gasteiger partial charge in [0.15, 0.2) is 0 Å². The second kappa shape index (κ2) is 7.49. The predicted octanol–water partition coefficient (Wildman–Crippen LogP) is 2.84. The predicted molar refractivity (Wildman–Crippen MR) is 97.8 cm³/mol. The average molecular weight is 323 g/mol. The van der Waals surface area contributed by atoms with Gasteiger partial charge in [0, 0.05) is 31.4 Å². The van der Waals surface area contributed by atoms with E-state index in [1.54, 1.807) is 12.1 Å². The minimum Gasteiger partial charge on any atom is -0.398 e. The minimum absolute atomic E-state index is 0.0936. The van der Waals surface area contributed by atoms with Gasteiger partial charge in [0.25, 0.3) is 5.91 Å². The van der Waals surface area contributed by atoms with Crippen LogP contribution in [-0.4, -0.2) is 29.9 Å². The molecule has 1 heterocycles. The standard InChI is InChI=1S/C20H25N3O/c1-2-17(13-22-20(24)18-9-5-6-10-19(18)21)23-12-11-15-7-3-4-8-16(15)14-23/h3-10,17H,2,11-14,21H2,1H3,(H,22,24). The van der Waals surface area contributed by atoms with Crippen LogP contribution in [0.3, 0.4) is 0 Å². The van der Waals surface area contributed by atoms with E-state index in [4.69, 9.17) is 5.73 Å². The third-order valence-corrected chi connectivity index (χ3v) is 4.85. The fourth-order valence-electron chi connectivity index (χ4n) is 3.37. The van der Waals surface area contributed by atoms with Crippen LogP contribution in [0.25, 0.3) is 0 Å². The maximum atomic E-state index is 12.4. The molecule has 0 bridgehead atoms. The van der Waals surface area contributed by atoms with Crippen molar-refractivity contribution in [3.63, 3.8) is 0 Å². The Morgan fingerprint density at radius 2 is 1.88 bits per heavy atom. The molecule has 0 radical (unpaired) electrons. The number of fused-ring (bicyclic) bond motifs is 1. The Balaban J connectivity index is 1.62. The van der Waals surface area contributed by atoms with Gasteiger partial charge in [-0.3, -0.25) is 9.69 Å². The van der Waals surface area contributed by atoms with Gasteiger partial charge < -0.3 is 11.1 Å². The molecular formula is C20H25N3O. The Morgan fingerprint density at radius 3 is 2.62 bits per heavy atom. The summed E-state index contributed by atoms with van der Waals surface area (Å²) in [6, 6.07) is 16.2. The van der Waals surface area contributed by atoms with Gasteiger partial charge in [-0.15, -0.1) is 0 Å². The Bertz CT molecular complexity index is 714. The van der Waals surface area contributed by atoms with E-state index in [9.17, 15) is 4.79 Å². The quantitative estimate of drug-likeness (QED) is 0.832. The third kappa shape index (κ3) is 3.60. The number of anilines is 1.